The molecule has 2 N–H and O–H groups in total. The number of hydrogen-bond acceptors (Lipinski definition) is 2. The molecule has 3 rings (SSSR count). The lowest BCUT2D eigenvalue weighted by molar-refractivity contribution is 0.361. The van der Waals surface area contributed by atoms with Crippen molar-refractivity contribution in [3.63, 3.8) is 0 Å². The third kappa shape index (κ3) is 4.76. The van der Waals surface area contributed by atoms with Crippen molar-refractivity contribution in [2.45, 2.75) is 11.3 Å². The van der Waals surface area contributed by atoms with Crippen molar-refractivity contribution in [2.75, 3.05) is 5.73 Å². The smallest absolute Gasteiger partial charge is 0.200 e. The van der Waals surface area contributed by atoms with Crippen LogP contribution in [0.25, 0.3) is 0 Å². The van der Waals surface area contributed by atoms with E-state index in [1.165, 1.54) is 11.1 Å². The zero-order chi connectivity index (χ0) is 19.3. The highest BCUT2D eigenvalue weighted by Crippen LogP contribution is 2.25. The first kappa shape index (κ1) is 19.8. The van der Waals surface area contributed by atoms with Crippen LogP contribution in [-0.2, 0) is 6.42 Å². The molecule has 1 nitrogen and oxygen atoms in total. The maximum atomic E-state index is 12.3. The van der Waals surface area contributed by atoms with E-state index < -0.39 is 34.0 Å². The van der Waals surface area contributed by atoms with Gasteiger partial charge in [0.15, 0.2) is 23.3 Å². The third-order valence-corrected chi connectivity index (χ3v) is 3.81. The molecule has 0 aliphatic rings. The predicted octanol–water partition coefficient (Wildman–Crippen LogP) is 5.53. The van der Waals surface area contributed by atoms with Crippen molar-refractivity contribution >= 4 is 18.3 Å². The number of anilines is 1. The first-order valence-electron chi connectivity index (χ1n) is 7.40. The Morgan fingerprint density at radius 1 is 0.615 bits per heavy atom. The van der Waals surface area contributed by atoms with Crippen LogP contribution in [0.3, 0.4) is 0 Å². The van der Waals surface area contributed by atoms with Gasteiger partial charge in [-0.25, -0.2) is 22.0 Å². The molecule has 3 aromatic carbocycles. The lowest BCUT2D eigenvalue weighted by Gasteiger charge is -2.01. The Kier molecular flexibility index (Phi) is 6.63. The summed E-state index contributed by atoms with van der Waals surface area (Å²) in [5.41, 5.74) is 9.07. The van der Waals surface area contributed by atoms with Crippen molar-refractivity contribution < 1.29 is 22.0 Å². The number of nitrogens with two attached hydrogens (primary N) is 1. The fraction of sp³-hybridized carbons (Fsp3) is 0.0526. The maximum absolute atomic E-state index is 12.3. The highest BCUT2D eigenvalue weighted by molar-refractivity contribution is 7.80. The van der Waals surface area contributed by atoms with Crippen LogP contribution < -0.4 is 5.73 Å². The van der Waals surface area contributed by atoms with Gasteiger partial charge in [-0.3, -0.25) is 0 Å². The van der Waals surface area contributed by atoms with Crippen molar-refractivity contribution in [3.05, 3.63) is 94.8 Å². The van der Waals surface area contributed by atoms with E-state index >= 15 is 0 Å². The van der Waals surface area contributed by atoms with Gasteiger partial charge in [-0.05, 0) is 29.7 Å². The Morgan fingerprint density at radius 2 is 1.04 bits per heavy atom. The van der Waals surface area contributed by atoms with E-state index in [0.29, 0.717) is 0 Å². The Morgan fingerprint density at radius 3 is 1.54 bits per heavy atom. The number of hydrogen-bond donors (Lipinski definition) is 2. The molecule has 0 spiro atoms. The molecule has 0 radical (unpaired) electrons. The van der Waals surface area contributed by atoms with Gasteiger partial charge in [0.25, 0.3) is 0 Å². The van der Waals surface area contributed by atoms with Crippen LogP contribution in [0.2, 0.25) is 0 Å². The van der Waals surface area contributed by atoms with Crippen LogP contribution in [0.4, 0.5) is 27.6 Å². The first-order chi connectivity index (χ1) is 12.3. The minimum Gasteiger partial charge on any atom is -0.399 e. The molecular weight excluding hydrogens is 369 g/mol. The molecule has 0 heterocycles. The van der Waals surface area contributed by atoms with Crippen molar-refractivity contribution in [1.29, 1.82) is 0 Å². The minimum atomic E-state index is -2.18. The monoisotopic (exact) mass is 383 g/mol. The molecule has 3 aromatic rings. The van der Waals surface area contributed by atoms with E-state index in [1.54, 1.807) is 0 Å². The second-order valence-corrected chi connectivity index (χ2v) is 5.77. The molecule has 0 aliphatic carbocycles. The van der Waals surface area contributed by atoms with Gasteiger partial charge >= 0.3 is 0 Å². The summed E-state index contributed by atoms with van der Waals surface area (Å²) in [4.78, 5) is -1.17. The first-order valence-corrected chi connectivity index (χ1v) is 7.84. The van der Waals surface area contributed by atoms with Crippen LogP contribution in [0.15, 0.2) is 59.5 Å². The summed E-state index contributed by atoms with van der Waals surface area (Å²) in [6.07, 6.45) is 0.973. The summed E-state index contributed by atoms with van der Waals surface area (Å²) in [7, 11) is 0. The van der Waals surface area contributed by atoms with Gasteiger partial charge in [0, 0.05) is 5.69 Å². The summed E-state index contributed by atoms with van der Waals surface area (Å²) in [5.74, 6) is -10.00. The zero-order valence-corrected chi connectivity index (χ0v) is 14.2. The zero-order valence-electron chi connectivity index (χ0n) is 13.3. The molecule has 0 atom stereocenters. The van der Waals surface area contributed by atoms with Crippen LogP contribution in [0, 0.1) is 29.1 Å². The van der Waals surface area contributed by atoms with Crippen molar-refractivity contribution in [1.82, 2.24) is 0 Å². The minimum absolute atomic E-state index is 0.821. The third-order valence-electron chi connectivity index (χ3n) is 3.42. The lowest BCUT2D eigenvalue weighted by atomic mass is 10.1. The molecule has 0 aliphatic heterocycles. The van der Waals surface area contributed by atoms with E-state index in [1.807, 2.05) is 18.2 Å². The highest BCUT2D eigenvalue weighted by Gasteiger charge is 2.23. The molecule has 0 unspecified atom stereocenters. The standard InChI is InChI=1S/C13H13N.C6HF5S/c14-13-8-6-12(7-9-13)10-11-4-2-1-3-5-11;7-1-2(8)4(10)6(12)5(11)3(1)9/h1-9H,10,14H2;12H. The Labute approximate surface area is 152 Å². The topological polar surface area (TPSA) is 26.0 Å². The molecule has 0 saturated carbocycles. The molecule has 0 amide bonds. The number of thiol groups is 1. The summed E-state index contributed by atoms with van der Waals surface area (Å²) in [5, 5.41) is 0. The molecule has 0 saturated heterocycles. The summed E-state index contributed by atoms with van der Waals surface area (Å²) >= 11 is 3.10. The number of rotatable bonds is 2. The van der Waals surface area contributed by atoms with E-state index in [9.17, 15) is 22.0 Å². The van der Waals surface area contributed by atoms with Crippen molar-refractivity contribution in [2.24, 2.45) is 0 Å². The maximum Gasteiger partial charge on any atom is 0.200 e. The normalized spacial score (nSPS) is 10.2. The second-order valence-electron chi connectivity index (χ2n) is 5.32. The summed E-state index contributed by atoms with van der Waals surface area (Å²) in [6, 6.07) is 18.5. The van der Waals surface area contributed by atoms with Crippen LogP contribution >= 0.6 is 12.6 Å². The van der Waals surface area contributed by atoms with Gasteiger partial charge in [-0.2, -0.15) is 0 Å². The highest BCUT2D eigenvalue weighted by atomic mass is 32.1. The molecule has 7 heteroatoms. The predicted molar refractivity (Wildman–Crippen MR) is 93.6 cm³/mol. The van der Waals surface area contributed by atoms with Gasteiger partial charge in [0.05, 0.1) is 4.90 Å². The summed E-state index contributed by atoms with van der Waals surface area (Å²) < 4.78 is 61.3. The van der Waals surface area contributed by atoms with E-state index in [4.69, 9.17) is 5.73 Å². The number of benzene rings is 3. The fourth-order valence-corrected chi connectivity index (χ4v) is 2.26. The van der Waals surface area contributed by atoms with E-state index in [-0.39, 0.29) is 0 Å². The molecule has 136 valence electrons. The van der Waals surface area contributed by atoms with Gasteiger partial charge in [-0.15, -0.1) is 12.6 Å². The van der Waals surface area contributed by atoms with Gasteiger partial charge < -0.3 is 5.73 Å². The molecule has 26 heavy (non-hydrogen) atoms. The van der Waals surface area contributed by atoms with Gasteiger partial charge in [0.1, 0.15) is 0 Å². The fourth-order valence-electron chi connectivity index (χ4n) is 2.06. The molecule has 0 fully saturated rings. The Hall–Kier alpha value is -2.54. The Bertz CT molecular complexity index is 778. The molecular formula is C19H14F5NS. The van der Waals surface area contributed by atoms with E-state index in [0.717, 1.165) is 12.1 Å². The molecule has 0 aromatic heterocycles. The number of nitrogen functional groups attached to an aromatic ring is 1. The quantitative estimate of drug-likeness (QED) is 0.197. The number of halogens is 5. The molecule has 0 bridgehead atoms. The van der Waals surface area contributed by atoms with Crippen LogP contribution in [0.5, 0.6) is 0 Å². The van der Waals surface area contributed by atoms with Crippen LogP contribution in [-0.4, -0.2) is 0 Å². The van der Waals surface area contributed by atoms with Gasteiger partial charge in [0.2, 0.25) is 5.82 Å². The van der Waals surface area contributed by atoms with Gasteiger partial charge in [-0.1, -0.05) is 42.5 Å². The van der Waals surface area contributed by atoms with Crippen molar-refractivity contribution in [3.8, 4) is 0 Å². The lowest BCUT2D eigenvalue weighted by Crippen LogP contribution is -2.01. The SMILES string of the molecule is Fc1c(F)c(F)c(S)c(F)c1F.Nc1ccc(Cc2ccccc2)cc1. The van der Waals surface area contributed by atoms with Crippen LogP contribution in [0.1, 0.15) is 11.1 Å². The largest absolute Gasteiger partial charge is 0.399 e. The summed E-state index contributed by atoms with van der Waals surface area (Å²) in [6.45, 7) is 0. The second kappa shape index (κ2) is 8.71. The Balaban J connectivity index is 0.000000190. The van der Waals surface area contributed by atoms with E-state index in [2.05, 4.69) is 49.0 Å². The average molecular weight is 383 g/mol. The average Bonchev–Trinajstić information content (AvgIpc) is 2.66.